The van der Waals surface area contributed by atoms with Gasteiger partial charge in [-0.2, -0.15) is 0 Å². The molecule has 0 spiro atoms. The van der Waals surface area contributed by atoms with Crippen molar-refractivity contribution >= 4 is 23.1 Å². The third-order valence-electron chi connectivity index (χ3n) is 3.15. The fourth-order valence-electron chi connectivity index (χ4n) is 2.10. The van der Waals surface area contributed by atoms with Crippen molar-refractivity contribution in [2.75, 3.05) is 0 Å². The van der Waals surface area contributed by atoms with Crippen LogP contribution in [0.2, 0.25) is 0 Å². The molecule has 0 aromatic carbocycles. The first kappa shape index (κ1) is 19.7. The number of hydrogen-bond donors (Lipinski definition) is 0. The van der Waals surface area contributed by atoms with E-state index in [9.17, 15) is 19.2 Å². The van der Waals surface area contributed by atoms with Gasteiger partial charge < -0.3 is 0 Å². The minimum absolute atomic E-state index is 0.0364. The van der Waals surface area contributed by atoms with E-state index in [1.807, 2.05) is 27.7 Å². The van der Waals surface area contributed by atoms with E-state index in [2.05, 4.69) is 0 Å². The maximum absolute atomic E-state index is 11.2. The Bertz CT molecular complexity index is 394. The zero-order valence-electron chi connectivity index (χ0n) is 13.9. The van der Waals surface area contributed by atoms with Crippen LogP contribution in [0, 0.1) is 17.8 Å². The summed E-state index contributed by atoms with van der Waals surface area (Å²) in [4.78, 5) is 43.3. The van der Waals surface area contributed by atoms with E-state index in [1.165, 1.54) is 6.92 Å². The van der Waals surface area contributed by atoms with Gasteiger partial charge >= 0.3 is 0 Å². The first-order valence-electron chi connectivity index (χ1n) is 7.70. The van der Waals surface area contributed by atoms with Gasteiger partial charge in [0.25, 0.3) is 0 Å². The zero-order valence-corrected chi connectivity index (χ0v) is 13.9. The van der Waals surface area contributed by atoms with Gasteiger partial charge in [-0.1, -0.05) is 27.7 Å². The van der Waals surface area contributed by atoms with Crippen molar-refractivity contribution in [3.63, 3.8) is 0 Å². The molecule has 1 fully saturated rings. The van der Waals surface area contributed by atoms with E-state index in [-0.39, 0.29) is 35.5 Å². The maximum Gasteiger partial charge on any atom is 0.143 e. The second-order valence-electron chi connectivity index (χ2n) is 6.64. The first-order valence-corrected chi connectivity index (χ1v) is 7.70. The van der Waals surface area contributed by atoms with Crippen molar-refractivity contribution in [2.45, 2.75) is 66.7 Å². The lowest BCUT2D eigenvalue weighted by Gasteiger charge is -2.22. The molecular formula is C17H28O4. The molecule has 0 heterocycles. The fourth-order valence-corrected chi connectivity index (χ4v) is 2.10. The summed E-state index contributed by atoms with van der Waals surface area (Å²) < 4.78 is 0. The highest BCUT2D eigenvalue weighted by atomic mass is 16.2. The second-order valence-corrected chi connectivity index (χ2v) is 6.64. The third kappa shape index (κ3) is 9.27. The van der Waals surface area contributed by atoms with Crippen LogP contribution in [-0.4, -0.2) is 23.1 Å². The monoisotopic (exact) mass is 296 g/mol. The normalized spacial score (nSPS) is 17.1. The lowest BCUT2D eigenvalue weighted by Crippen LogP contribution is -2.33. The van der Waals surface area contributed by atoms with Gasteiger partial charge in [0.05, 0.1) is 12.3 Å². The van der Waals surface area contributed by atoms with Gasteiger partial charge in [0.2, 0.25) is 0 Å². The number of Topliss-reactive ketones (excluding diaryl/α,β-unsaturated/α-hetero) is 4. The second kappa shape index (κ2) is 9.59. The molecule has 1 rings (SSSR count). The average Bonchev–Trinajstić information content (AvgIpc) is 2.24. The van der Waals surface area contributed by atoms with Crippen molar-refractivity contribution in [3.8, 4) is 0 Å². The van der Waals surface area contributed by atoms with Crippen molar-refractivity contribution in [2.24, 2.45) is 17.8 Å². The highest BCUT2D eigenvalue weighted by Crippen LogP contribution is 2.25. The van der Waals surface area contributed by atoms with Gasteiger partial charge in [0, 0.05) is 19.3 Å². The molecule has 1 aliphatic carbocycles. The fraction of sp³-hybridized carbons (Fsp3) is 0.765. The lowest BCUT2D eigenvalue weighted by molar-refractivity contribution is -0.139. The van der Waals surface area contributed by atoms with Crippen LogP contribution in [0.4, 0.5) is 0 Å². The summed E-state index contributed by atoms with van der Waals surface area (Å²) in [5.41, 5.74) is 0. The van der Waals surface area contributed by atoms with Crippen molar-refractivity contribution in [3.05, 3.63) is 0 Å². The molecule has 1 aliphatic rings. The molecule has 1 saturated carbocycles. The Morgan fingerprint density at radius 2 is 1.57 bits per heavy atom. The third-order valence-corrected chi connectivity index (χ3v) is 3.15. The average molecular weight is 296 g/mol. The van der Waals surface area contributed by atoms with Crippen molar-refractivity contribution < 1.29 is 19.2 Å². The molecule has 4 nitrogen and oxygen atoms in total. The Morgan fingerprint density at radius 3 is 1.86 bits per heavy atom. The summed E-state index contributed by atoms with van der Waals surface area (Å²) in [6.07, 6.45) is 2.62. The van der Waals surface area contributed by atoms with Gasteiger partial charge in [-0.3, -0.25) is 19.2 Å². The number of carbonyl (C=O) groups excluding carboxylic acids is 4. The molecular weight excluding hydrogens is 268 g/mol. The minimum atomic E-state index is -0.225. The highest BCUT2D eigenvalue weighted by molar-refractivity contribution is 6.06. The van der Waals surface area contributed by atoms with E-state index in [0.717, 1.165) is 6.42 Å². The summed E-state index contributed by atoms with van der Waals surface area (Å²) in [7, 11) is 0. The van der Waals surface area contributed by atoms with Crippen molar-refractivity contribution in [1.82, 2.24) is 0 Å². The molecule has 0 bridgehead atoms. The zero-order chi connectivity index (χ0) is 16.6. The molecule has 0 amide bonds. The molecule has 0 saturated heterocycles. The van der Waals surface area contributed by atoms with Gasteiger partial charge in [-0.15, -0.1) is 0 Å². The first-order chi connectivity index (χ1) is 9.63. The summed E-state index contributed by atoms with van der Waals surface area (Å²) in [5, 5.41) is 0. The van der Waals surface area contributed by atoms with Crippen LogP contribution >= 0.6 is 0 Å². The van der Waals surface area contributed by atoms with E-state index >= 15 is 0 Å². The summed E-state index contributed by atoms with van der Waals surface area (Å²) in [6.45, 7) is 9.39. The number of carbonyl (C=O) groups is 4. The van der Waals surface area contributed by atoms with E-state index in [1.54, 1.807) is 0 Å². The van der Waals surface area contributed by atoms with Crippen LogP contribution in [-0.2, 0) is 19.2 Å². The van der Waals surface area contributed by atoms with Crippen LogP contribution in [0.3, 0.4) is 0 Å². The maximum atomic E-state index is 11.2. The molecule has 1 unspecified atom stereocenters. The predicted molar refractivity (Wildman–Crippen MR) is 82.0 cm³/mol. The molecule has 0 radical (unpaired) electrons. The summed E-state index contributed by atoms with van der Waals surface area (Å²) >= 11 is 0. The molecule has 21 heavy (non-hydrogen) atoms. The van der Waals surface area contributed by atoms with Gasteiger partial charge in [-0.05, 0) is 25.2 Å². The Balaban J connectivity index is 0.000000384. The molecule has 0 N–H and O–H groups in total. The predicted octanol–water partition coefficient (Wildman–Crippen LogP) is 3.16. The van der Waals surface area contributed by atoms with Gasteiger partial charge in [0.15, 0.2) is 0 Å². The van der Waals surface area contributed by atoms with Crippen LogP contribution < -0.4 is 0 Å². The van der Waals surface area contributed by atoms with Crippen molar-refractivity contribution in [1.29, 1.82) is 0 Å². The number of hydrogen-bond acceptors (Lipinski definition) is 4. The Kier molecular flexibility index (Phi) is 8.98. The molecule has 0 aromatic rings. The van der Waals surface area contributed by atoms with E-state index < -0.39 is 0 Å². The summed E-state index contributed by atoms with van der Waals surface area (Å²) in [5.74, 6) is 0.847. The number of rotatable bonds is 7. The molecule has 1 atom stereocenters. The molecule has 0 aliphatic heterocycles. The van der Waals surface area contributed by atoms with Crippen LogP contribution in [0.15, 0.2) is 0 Å². The molecule has 120 valence electrons. The molecule has 4 heteroatoms. The molecule has 0 aromatic heterocycles. The van der Waals surface area contributed by atoms with Crippen LogP contribution in [0.1, 0.15) is 66.7 Å². The number of ketones is 4. The van der Waals surface area contributed by atoms with E-state index in [4.69, 9.17) is 0 Å². The Labute approximate surface area is 127 Å². The standard InChI is InChI=1S/C9H14O2.C8H14O2/c1-6(2)5-9(11)7-3-4-8(7)10;1-6(2)4-8(10)5-7(3)9/h6-7H,3-5H2,1-2H3;6H,4-5H2,1-3H3. The topological polar surface area (TPSA) is 68.3 Å². The van der Waals surface area contributed by atoms with Crippen LogP contribution in [0.5, 0.6) is 0 Å². The largest absolute Gasteiger partial charge is 0.300 e. The quantitative estimate of drug-likeness (QED) is 0.677. The van der Waals surface area contributed by atoms with E-state index in [0.29, 0.717) is 31.1 Å². The SMILES string of the molecule is CC(=O)CC(=O)CC(C)C.CC(C)CC(=O)C1CCC1=O. The van der Waals surface area contributed by atoms with Gasteiger partial charge in [-0.25, -0.2) is 0 Å². The van der Waals surface area contributed by atoms with Crippen LogP contribution in [0.25, 0.3) is 0 Å². The Hall–Kier alpha value is -1.32. The lowest BCUT2D eigenvalue weighted by atomic mass is 9.78. The Morgan fingerprint density at radius 1 is 1.05 bits per heavy atom. The highest BCUT2D eigenvalue weighted by Gasteiger charge is 2.33. The smallest absolute Gasteiger partial charge is 0.143 e. The minimum Gasteiger partial charge on any atom is -0.300 e. The van der Waals surface area contributed by atoms with Gasteiger partial charge in [0.1, 0.15) is 23.1 Å². The summed E-state index contributed by atoms with van der Waals surface area (Å²) in [6, 6.07) is 0.